The Bertz CT molecular complexity index is 400. The predicted molar refractivity (Wildman–Crippen MR) is 70.7 cm³/mol. The van der Waals surface area contributed by atoms with Crippen LogP contribution in [-0.4, -0.2) is 16.8 Å². The van der Waals surface area contributed by atoms with Crippen LogP contribution in [0.4, 0.5) is 0 Å². The van der Waals surface area contributed by atoms with Gasteiger partial charge in [0.1, 0.15) is 5.78 Å². The van der Waals surface area contributed by atoms with E-state index in [1.165, 1.54) is 0 Å². The molecule has 0 saturated carbocycles. The Morgan fingerprint density at radius 1 is 1.44 bits per heavy atom. The molecule has 4 heteroatoms. The van der Waals surface area contributed by atoms with E-state index in [0.717, 1.165) is 24.2 Å². The minimum absolute atomic E-state index is 0.162. The van der Waals surface area contributed by atoms with Gasteiger partial charge in [-0.2, -0.15) is 11.8 Å². The average molecular weight is 275 g/mol. The molecule has 1 aromatic rings. The second-order valence-electron chi connectivity index (χ2n) is 3.88. The van der Waals surface area contributed by atoms with Crippen molar-refractivity contribution in [1.29, 1.82) is 0 Å². The third-order valence-corrected chi connectivity index (χ3v) is 4.69. The summed E-state index contributed by atoms with van der Waals surface area (Å²) in [7, 11) is 0. The molecule has 1 aliphatic heterocycles. The summed E-state index contributed by atoms with van der Waals surface area (Å²) >= 11 is 13.7. The van der Waals surface area contributed by atoms with Crippen LogP contribution in [0.15, 0.2) is 18.2 Å². The van der Waals surface area contributed by atoms with Gasteiger partial charge >= 0.3 is 0 Å². The van der Waals surface area contributed by atoms with Gasteiger partial charge in [-0.3, -0.25) is 4.79 Å². The van der Waals surface area contributed by atoms with Gasteiger partial charge in [0, 0.05) is 16.5 Å². The van der Waals surface area contributed by atoms with Crippen LogP contribution in [0.5, 0.6) is 0 Å². The van der Waals surface area contributed by atoms with Crippen molar-refractivity contribution < 1.29 is 4.79 Å². The minimum atomic E-state index is 0.162. The van der Waals surface area contributed by atoms with Crippen LogP contribution >= 0.6 is 35.0 Å². The van der Waals surface area contributed by atoms with E-state index in [2.05, 4.69) is 0 Å². The summed E-state index contributed by atoms with van der Waals surface area (Å²) in [6.07, 6.45) is 2.54. The van der Waals surface area contributed by atoms with Crippen molar-refractivity contribution in [2.75, 3.05) is 5.75 Å². The normalized spacial score (nSPS) is 20.0. The van der Waals surface area contributed by atoms with Crippen LogP contribution in [-0.2, 0) is 11.2 Å². The number of benzene rings is 1. The molecule has 86 valence electrons. The summed E-state index contributed by atoms with van der Waals surface area (Å²) < 4.78 is 0. The van der Waals surface area contributed by atoms with Crippen molar-refractivity contribution in [3.05, 3.63) is 33.8 Å². The number of carbonyl (C=O) groups is 1. The third kappa shape index (κ3) is 2.93. The Hall–Kier alpha value is -0.180. The summed E-state index contributed by atoms with van der Waals surface area (Å²) in [5.74, 6) is 1.37. The number of rotatable bonds is 3. The van der Waals surface area contributed by atoms with Gasteiger partial charge in [-0.15, -0.1) is 0 Å². The predicted octanol–water partition coefficient (Wildman–Crippen LogP) is 4.00. The summed E-state index contributed by atoms with van der Waals surface area (Å²) in [5, 5.41) is 1.42. The molecule has 0 radical (unpaired) electrons. The second-order valence-corrected chi connectivity index (χ2v) is 6.03. The van der Waals surface area contributed by atoms with E-state index in [1.54, 1.807) is 30.0 Å². The SMILES string of the molecule is O=C(Cc1cc(Cl)ccc1Cl)C1CCCS1. The molecule has 1 atom stereocenters. The molecule has 0 amide bonds. The van der Waals surface area contributed by atoms with Gasteiger partial charge < -0.3 is 0 Å². The molecule has 16 heavy (non-hydrogen) atoms. The summed E-state index contributed by atoms with van der Waals surface area (Å²) in [6, 6.07) is 5.26. The molecule has 1 aromatic carbocycles. The largest absolute Gasteiger partial charge is 0.298 e. The summed E-state index contributed by atoms with van der Waals surface area (Å²) in [4.78, 5) is 12.0. The van der Waals surface area contributed by atoms with Gasteiger partial charge in [0.2, 0.25) is 0 Å². The maximum absolute atomic E-state index is 12.0. The third-order valence-electron chi connectivity index (χ3n) is 2.66. The summed E-state index contributed by atoms with van der Waals surface area (Å²) in [5.41, 5.74) is 0.840. The molecule has 1 aliphatic rings. The molecule has 1 unspecified atom stereocenters. The Labute approximate surface area is 110 Å². The Kier molecular flexibility index (Phi) is 4.17. The zero-order valence-corrected chi connectivity index (χ0v) is 11.0. The molecule has 1 nitrogen and oxygen atoms in total. The first-order chi connectivity index (χ1) is 7.66. The average Bonchev–Trinajstić information content (AvgIpc) is 2.76. The Morgan fingerprint density at radius 2 is 2.25 bits per heavy atom. The van der Waals surface area contributed by atoms with Gasteiger partial charge in [0.15, 0.2) is 0 Å². The molecule has 0 N–H and O–H groups in total. The van der Waals surface area contributed by atoms with Crippen molar-refractivity contribution in [3.63, 3.8) is 0 Å². The van der Waals surface area contributed by atoms with E-state index < -0.39 is 0 Å². The summed E-state index contributed by atoms with van der Waals surface area (Å²) in [6.45, 7) is 0. The molecule has 2 rings (SSSR count). The number of hydrogen-bond donors (Lipinski definition) is 0. The van der Waals surface area contributed by atoms with Crippen molar-refractivity contribution in [3.8, 4) is 0 Å². The van der Waals surface area contributed by atoms with Crippen LogP contribution in [0.3, 0.4) is 0 Å². The van der Waals surface area contributed by atoms with E-state index >= 15 is 0 Å². The molecule has 0 aliphatic carbocycles. The molecular weight excluding hydrogens is 263 g/mol. The van der Waals surface area contributed by atoms with Gasteiger partial charge in [0.05, 0.1) is 5.25 Å². The van der Waals surface area contributed by atoms with Crippen molar-refractivity contribution in [1.82, 2.24) is 0 Å². The maximum Gasteiger partial charge on any atom is 0.150 e. The van der Waals surface area contributed by atoms with Crippen molar-refractivity contribution in [2.24, 2.45) is 0 Å². The Balaban J connectivity index is 2.07. The van der Waals surface area contributed by atoms with E-state index in [1.807, 2.05) is 0 Å². The fourth-order valence-electron chi connectivity index (χ4n) is 1.81. The molecular formula is C12H12Cl2OS. The lowest BCUT2D eigenvalue weighted by molar-refractivity contribution is -0.117. The van der Waals surface area contributed by atoms with Gasteiger partial charge in [-0.25, -0.2) is 0 Å². The highest BCUT2D eigenvalue weighted by Gasteiger charge is 2.23. The maximum atomic E-state index is 12.0. The fourth-order valence-corrected chi connectivity index (χ4v) is 3.41. The highest BCUT2D eigenvalue weighted by molar-refractivity contribution is 8.00. The van der Waals surface area contributed by atoms with E-state index in [4.69, 9.17) is 23.2 Å². The number of halogens is 2. The van der Waals surface area contributed by atoms with Gasteiger partial charge in [-0.05, 0) is 42.4 Å². The van der Waals surface area contributed by atoms with E-state index in [9.17, 15) is 4.79 Å². The Morgan fingerprint density at radius 3 is 2.94 bits per heavy atom. The monoisotopic (exact) mass is 274 g/mol. The molecule has 1 heterocycles. The smallest absolute Gasteiger partial charge is 0.150 e. The highest BCUT2D eigenvalue weighted by Crippen LogP contribution is 2.29. The van der Waals surface area contributed by atoms with E-state index in [-0.39, 0.29) is 11.0 Å². The number of ketones is 1. The van der Waals surface area contributed by atoms with Crippen LogP contribution in [0.2, 0.25) is 10.0 Å². The lowest BCUT2D eigenvalue weighted by Crippen LogP contribution is -2.16. The first kappa shape index (κ1) is 12.3. The zero-order chi connectivity index (χ0) is 11.5. The van der Waals surface area contributed by atoms with E-state index in [0.29, 0.717) is 16.5 Å². The number of carbonyl (C=O) groups excluding carboxylic acids is 1. The lowest BCUT2D eigenvalue weighted by Gasteiger charge is -2.08. The molecule has 1 saturated heterocycles. The number of Topliss-reactive ketones (excluding diaryl/α,β-unsaturated/α-hetero) is 1. The second kappa shape index (κ2) is 5.44. The van der Waals surface area contributed by atoms with Crippen molar-refractivity contribution >= 4 is 40.7 Å². The van der Waals surface area contributed by atoms with Gasteiger partial charge in [0.25, 0.3) is 0 Å². The van der Waals surface area contributed by atoms with Crippen LogP contribution in [0.25, 0.3) is 0 Å². The first-order valence-electron chi connectivity index (χ1n) is 5.25. The highest BCUT2D eigenvalue weighted by atomic mass is 35.5. The molecule has 1 fully saturated rings. The topological polar surface area (TPSA) is 17.1 Å². The molecule has 0 spiro atoms. The first-order valence-corrected chi connectivity index (χ1v) is 7.05. The lowest BCUT2D eigenvalue weighted by atomic mass is 10.0. The van der Waals surface area contributed by atoms with Crippen LogP contribution in [0, 0.1) is 0 Å². The fraction of sp³-hybridized carbons (Fsp3) is 0.417. The zero-order valence-electron chi connectivity index (χ0n) is 8.71. The number of hydrogen-bond acceptors (Lipinski definition) is 2. The van der Waals surface area contributed by atoms with Crippen molar-refractivity contribution in [2.45, 2.75) is 24.5 Å². The van der Waals surface area contributed by atoms with Crippen LogP contribution < -0.4 is 0 Å². The molecule has 0 aromatic heterocycles. The minimum Gasteiger partial charge on any atom is -0.298 e. The standard InChI is InChI=1S/C12H12Cl2OS/c13-9-3-4-10(14)8(6-9)7-11(15)12-2-1-5-16-12/h3-4,6,12H,1-2,5,7H2. The molecule has 0 bridgehead atoms. The quantitative estimate of drug-likeness (QED) is 0.829. The van der Waals surface area contributed by atoms with Crippen LogP contribution in [0.1, 0.15) is 18.4 Å². The number of thioether (sulfide) groups is 1. The van der Waals surface area contributed by atoms with Gasteiger partial charge in [-0.1, -0.05) is 23.2 Å².